The van der Waals surface area contributed by atoms with Crippen LogP contribution in [0.25, 0.3) is 0 Å². The van der Waals surface area contributed by atoms with Gasteiger partial charge in [0, 0.05) is 24.6 Å². The molecule has 4 nitrogen and oxygen atoms in total. The van der Waals surface area contributed by atoms with Crippen molar-refractivity contribution in [3.8, 4) is 6.07 Å². The minimum atomic E-state index is 0.609. The third-order valence-corrected chi connectivity index (χ3v) is 3.05. The molecule has 96 valence electrons. The van der Waals surface area contributed by atoms with E-state index in [1.165, 1.54) is 5.56 Å². The number of aromatic nitrogens is 2. The predicted molar refractivity (Wildman–Crippen MR) is 74.7 cm³/mol. The number of rotatable bonds is 3. The zero-order chi connectivity index (χ0) is 13.8. The van der Waals surface area contributed by atoms with E-state index in [0.29, 0.717) is 12.1 Å². The van der Waals surface area contributed by atoms with E-state index in [2.05, 4.69) is 21.4 Å². The van der Waals surface area contributed by atoms with Crippen LogP contribution in [0.4, 0.5) is 5.69 Å². The van der Waals surface area contributed by atoms with Crippen molar-refractivity contribution < 1.29 is 0 Å². The summed E-state index contributed by atoms with van der Waals surface area (Å²) in [6, 6.07) is 6.09. The van der Waals surface area contributed by atoms with E-state index < -0.39 is 0 Å². The molecular weight excluding hydrogens is 236 g/mol. The van der Waals surface area contributed by atoms with Crippen LogP contribution < -0.4 is 5.32 Å². The summed E-state index contributed by atoms with van der Waals surface area (Å²) in [5, 5.41) is 12.5. The summed E-state index contributed by atoms with van der Waals surface area (Å²) in [7, 11) is 0. The Balaban J connectivity index is 2.25. The number of nitrogens with zero attached hydrogens (tertiary/aromatic N) is 3. The van der Waals surface area contributed by atoms with Gasteiger partial charge in [0.15, 0.2) is 0 Å². The number of pyridine rings is 2. The molecular formula is C15H16N4. The average Bonchev–Trinajstić information content (AvgIpc) is 2.37. The van der Waals surface area contributed by atoms with Gasteiger partial charge in [-0.1, -0.05) is 0 Å². The fourth-order valence-corrected chi connectivity index (χ4v) is 2.00. The number of nitriles is 1. The van der Waals surface area contributed by atoms with Crippen LogP contribution in [0.15, 0.2) is 24.5 Å². The molecule has 0 amide bonds. The summed E-state index contributed by atoms with van der Waals surface area (Å²) in [6.07, 6.45) is 3.61. The second-order valence-electron chi connectivity index (χ2n) is 4.54. The molecule has 0 aliphatic rings. The van der Waals surface area contributed by atoms with Gasteiger partial charge in [-0.2, -0.15) is 5.26 Å². The standard InChI is InChI=1S/C15H16N4/c1-10-8-17-5-4-13(10)9-18-15-6-11(2)19-12(3)14(15)7-16/h4-6,8H,9H2,1-3H3,(H,18,19). The number of nitrogens with one attached hydrogen (secondary N) is 1. The van der Waals surface area contributed by atoms with Crippen molar-refractivity contribution in [1.82, 2.24) is 9.97 Å². The Morgan fingerprint density at radius 2 is 2.11 bits per heavy atom. The van der Waals surface area contributed by atoms with Crippen LogP contribution in [0.1, 0.15) is 28.1 Å². The van der Waals surface area contributed by atoms with Crippen molar-refractivity contribution in [3.05, 3.63) is 52.6 Å². The molecule has 0 saturated carbocycles. The number of hydrogen-bond acceptors (Lipinski definition) is 4. The number of anilines is 1. The lowest BCUT2D eigenvalue weighted by Crippen LogP contribution is -2.05. The molecule has 2 heterocycles. The van der Waals surface area contributed by atoms with Gasteiger partial charge in [0.05, 0.1) is 16.9 Å². The van der Waals surface area contributed by atoms with Gasteiger partial charge in [0.1, 0.15) is 6.07 Å². The molecule has 4 heteroatoms. The van der Waals surface area contributed by atoms with E-state index >= 15 is 0 Å². The fraction of sp³-hybridized carbons (Fsp3) is 0.267. The molecule has 0 spiro atoms. The van der Waals surface area contributed by atoms with Crippen LogP contribution in [0.5, 0.6) is 0 Å². The van der Waals surface area contributed by atoms with Crippen LogP contribution in [0.3, 0.4) is 0 Å². The van der Waals surface area contributed by atoms with Gasteiger partial charge in [-0.3, -0.25) is 9.97 Å². The first-order chi connectivity index (χ1) is 9.11. The average molecular weight is 252 g/mol. The van der Waals surface area contributed by atoms with Crippen LogP contribution in [0, 0.1) is 32.1 Å². The minimum absolute atomic E-state index is 0.609. The monoisotopic (exact) mass is 252 g/mol. The first-order valence-electron chi connectivity index (χ1n) is 6.13. The lowest BCUT2D eigenvalue weighted by Gasteiger charge is -2.12. The van der Waals surface area contributed by atoms with Crippen LogP contribution >= 0.6 is 0 Å². The van der Waals surface area contributed by atoms with Gasteiger partial charge in [-0.05, 0) is 44.0 Å². The molecule has 0 atom stereocenters. The van der Waals surface area contributed by atoms with Crippen molar-refractivity contribution in [1.29, 1.82) is 5.26 Å². The Kier molecular flexibility index (Phi) is 3.76. The minimum Gasteiger partial charge on any atom is -0.380 e. The molecule has 0 aromatic carbocycles. The largest absolute Gasteiger partial charge is 0.380 e. The van der Waals surface area contributed by atoms with Gasteiger partial charge in [0.25, 0.3) is 0 Å². The van der Waals surface area contributed by atoms with Crippen molar-refractivity contribution in [2.45, 2.75) is 27.3 Å². The number of aryl methyl sites for hydroxylation is 3. The van der Waals surface area contributed by atoms with E-state index in [0.717, 1.165) is 22.6 Å². The first kappa shape index (κ1) is 13.0. The topological polar surface area (TPSA) is 61.6 Å². The third-order valence-electron chi connectivity index (χ3n) is 3.05. The Morgan fingerprint density at radius 1 is 1.32 bits per heavy atom. The van der Waals surface area contributed by atoms with Crippen LogP contribution in [-0.2, 0) is 6.54 Å². The third kappa shape index (κ3) is 2.89. The molecule has 2 rings (SSSR count). The molecule has 2 aromatic heterocycles. The van der Waals surface area contributed by atoms with Crippen molar-refractivity contribution in [2.24, 2.45) is 0 Å². The molecule has 0 bridgehead atoms. The molecule has 0 aliphatic carbocycles. The second-order valence-corrected chi connectivity index (χ2v) is 4.54. The van der Waals surface area contributed by atoms with E-state index in [9.17, 15) is 5.26 Å². The Labute approximate surface area is 113 Å². The molecule has 0 unspecified atom stereocenters. The molecule has 1 N–H and O–H groups in total. The lowest BCUT2D eigenvalue weighted by atomic mass is 10.1. The Hall–Kier alpha value is -2.41. The van der Waals surface area contributed by atoms with Crippen molar-refractivity contribution in [3.63, 3.8) is 0 Å². The fourth-order valence-electron chi connectivity index (χ4n) is 2.00. The smallest absolute Gasteiger partial charge is 0.103 e. The highest BCUT2D eigenvalue weighted by Crippen LogP contribution is 2.19. The maximum absolute atomic E-state index is 9.20. The molecule has 2 aromatic rings. The molecule has 0 radical (unpaired) electrons. The lowest BCUT2D eigenvalue weighted by molar-refractivity contribution is 1.06. The highest BCUT2D eigenvalue weighted by atomic mass is 14.9. The summed E-state index contributed by atoms with van der Waals surface area (Å²) in [6.45, 7) is 6.48. The SMILES string of the molecule is Cc1cc(NCc2ccncc2C)c(C#N)c(C)n1. The van der Waals surface area contributed by atoms with Crippen LogP contribution in [0.2, 0.25) is 0 Å². The molecule has 0 aliphatic heterocycles. The van der Waals surface area contributed by atoms with E-state index in [1.807, 2.05) is 39.1 Å². The quantitative estimate of drug-likeness (QED) is 0.912. The number of hydrogen-bond donors (Lipinski definition) is 1. The van der Waals surface area contributed by atoms with Gasteiger partial charge < -0.3 is 5.32 Å². The summed E-state index contributed by atoms with van der Waals surface area (Å²) >= 11 is 0. The second kappa shape index (κ2) is 5.49. The zero-order valence-electron chi connectivity index (χ0n) is 11.4. The van der Waals surface area contributed by atoms with Gasteiger partial charge in [-0.25, -0.2) is 0 Å². The normalized spacial score (nSPS) is 10.0. The van der Waals surface area contributed by atoms with Gasteiger partial charge >= 0.3 is 0 Å². The van der Waals surface area contributed by atoms with E-state index in [-0.39, 0.29) is 0 Å². The Bertz CT molecular complexity index is 641. The highest BCUT2D eigenvalue weighted by Gasteiger charge is 2.08. The zero-order valence-corrected chi connectivity index (χ0v) is 11.4. The summed E-state index contributed by atoms with van der Waals surface area (Å²) in [5.74, 6) is 0. The maximum Gasteiger partial charge on any atom is 0.103 e. The van der Waals surface area contributed by atoms with Crippen molar-refractivity contribution >= 4 is 5.69 Å². The highest BCUT2D eigenvalue weighted by molar-refractivity contribution is 5.60. The summed E-state index contributed by atoms with van der Waals surface area (Å²) < 4.78 is 0. The Morgan fingerprint density at radius 3 is 2.79 bits per heavy atom. The summed E-state index contributed by atoms with van der Waals surface area (Å²) in [4.78, 5) is 8.38. The van der Waals surface area contributed by atoms with E-state index in [1.54, 1.807) is 6.20 Å². The molecule has 0 saturated heterocycles. The predicted octanol–water partition coefficient (Wildman–Crippen LogP) is 2.89. The van der Waals surface area contributed by atoms with Crippen LogP contribution in [-0.4, -0.2) is 9.97 Å². The maximum atomic E-state index is 9.20. The van der Waals surface area contributed by atoms with Gasteiger partial charge in [0.2, 0.25) is 0 Å². The summed E-state index contributed by atoms with van der Waals surface area (Å²) in [5.41, 5.74) is 5.42. The molecule has 0 fully saturated rings. The molecule has 19 heavy (non-hydrogen) atoms. The van der Waals surface area contributed by atoms with Crippen molar-refractivity contribution in [2.75, 3.05) is 5.32 Å². The van der Waals surface area contributed by atoms with Gasteiger partial charge in [-0.15, -0.1) is 0 Å². The van der Waals surface area contributed by atoms with E-state index in [4.69, 9.17) is 0 Å². The first-order valence-corrected chi connectivity index (χ1v) is 6.13.